The van der Waals surface area contributed by atoms with Gasteiger partial charge >= 0.3 is 15.8 Å². The molecule has 0 aliphatic heterocycles. The highest BCUT2D eigenvalue weighted by Crippen LogP contribution is 2.25. The number of rotatable bonds is 1. The van der Waals surface area contributed by atoms with Gasteiger partial charge < -0.3 is 5.53 Å². The lowest BCUT2D eigenvalue weighted by Gasteiger charge is -2.09. The Kier molecular flexibility index (Phi) is 2.51. The van der Waals surface area contributed by atoms with Gasteiger partial charge in [-0.1, -0.05) is 16.7 Å². The van der Waals surface area contributed by atoms with E-state index >= 15 is 0 Å². The Hall–Kier alpha value is -2.08. The second-order valence-corrected chi connectivity index (χ2v) is 4.67. The van der Waals surface area contributed by atoms with Gasteiger partial charge in [-0.15, -0.1) is 0 Å². The van der Waals surface area contributed by atoms with Crippen molar-refractivity contribution in [1.82, 2.24) is 0 Å². The van der Waals surface area contributed by atoms with Crippen LogP contribution in [0.4, 0.5) is 0 Å². The topological polar surface area (TPSA) is 108 Å². The van der Waals surface area contributed by atoms with Gasteiger partial charge in [0.05, 0.1) is 0 Å². The molecule has 0 N–H and O–H groups in total. The molecule has 0 heterocycles. The summed E-state index contributed by atoms with van der Waals surface area (Å²) in [6.07, 6.45) is 2.41. The van der Waals surface area contributed by atoms with E-state index in [0.717, 1.165) is 12.1 Å². The summed E-state index contributed by atoms with van der Waals surface area (Å²) < 4.78 is 32.9. The Morgan fingerprint density at radius 2 is 1.88 bits per heavy atom. The molecule has 0 fully saturated rings. The van der Waals surface area contributed by atoms with Gasteiger partial charge in [-0.2, -0.15) is 13.2 Å². The molecule has 7 heteroatoms. The molecule has 17 heavy (non-hydrogen) atoms. The van der Waals surface area contributed by atoms with Crippen LogP contribution in [0.3, 0.4) is 0 Å². The first kappa shape index (κ1) is 11.4. The molecule has 0 saturated carbocycles. The molecule has 1 aromatic carbocycles. The zero-order valence-corrected chi connectivity index (χ0v) is 9.14. The van der Waals surface area contributed by atoms with Gasteiger partial charge in [-0.05, 0) is 12.1 Å². The summed E-state index contributed by atoms with van der Waals surface area (Å²) >= 11 is 0. The highest BCUT2D eigenvalue weighted by Gasteiger charge is 2.29. The molecular weight excluding hydrogens is 244 g/mol. The number of benzene rings is 1. The largest absolute Gasteiger partial charge is 0.362 e. The average molecular weight is 249 g/mol. The highest BCUT2D eigenvalue weighted by atomic mass is 32.2. The van der Waals surface area contributed by atoms with Crippen LogP contribution < -0.4 is 0 Å². The van der Waals surface area contributed by atoms with E-state index in [0.29, 0.717) is 0 Å². The van der Waals surface area contributed by atoms with Crippen molar-refractivity contribution in [3.63, 3.8) is 0 Å². The quantitative estimate of drug-likeness (QED) is 0.539. The summed E-state index contributed by atoms with van der Waals surface area (Å²) in [5.74, 6) is -0.629. The molecule has 0 aromatic heterocycles. The molecule has 85 valence electrons. The predicted octanol–water partition coefficient (Wildman–Crippen LogP) is 0.686. The van der Waals surface area contributed by atoms with Crippen LogP contribution in [0, 0.1) is 0 Å². The third kappa shape index (κ3) is 1.83. The van der Waals surface area contributed by atoms with Crippen molar-refractivity contribution >= 4 is 27.7 Å². The number of nitrogens with zero attached hydrogens (tertiary/aromatic N) is 2. The Morgan fingerprint density at radius 3 is 2.47 bits per heavy atom. The SMILES string of the molecule is [N-]=[N+]=C1C=Cc2c(cccc2S([O])(=O)=O)C1=O. The van der Waals surface area contributed by atoms with Crippen LogP contribution in [-0.2, 0) is 14.7 Å². The summed E-state index contributed by atoms with van der Waals surface area (Å²) in [4.78, 5) is 14.0. The van der Waals surface area contributed by atoms with E-state index in [2.05, 4.69) is 4.79 Å². The van der Waals surface area contributed by atoms with Crippen LogP contribution in [0.5, 0.6) is 0 Å². The number of fused-ring (bicyclic) bond motifs is 1. The predicted molar refractivity (Wildman–Crippen MR) is 56.3 cm³/mol. The Labute approximate surface area is 96.6 Å². The van der Waals surface area contributed by atoms with Crippen LogP contribution in [0.1, 0.15) is 15.9 Å². The molecule has 6 nitrogen and oxygen atoms in total. The van der Waals surface area contributed by atoms with Crippen molar-refractivity contribution in [3.05, 3.63) is 40.9 Å². The van der Waals surface area contributed by atoms with Gasteiger partial charge in [0.15, 0.2) is 0 Å². The first-order chi connectivity index (χ1) is 7.95. The highest BCUT2D eigenvalue weighted by molar-refractivity contribution is 7.85. The minimum absolute atomic E-state index is 0.0252. The summed E-state index contributed by atoms with van der Waals surface area (Å²) in [5, 5.41) is 0. The fourth-order valence-electron chi connectivity index (χ4n) is 1.59. The van der Waals surface area contributed by atoms with Gasteiger partial charge in [-0.3, -0.25) is 4.79 Å². The fraction of sp³-hybridized carbons (Fsp3) is 0. The van der Waals surface area contributed by atoms with Gasteiger partial charge in [0, 0.05) is 17.2 Å². The summed E-state index contributed by atoms with van der Waals surface area (Å²) in [6, 6.07) is 3.77. The molecule has 1 aromatic rings. The van der Waals surface area contributed by atoms with E-state index in [9.17, 15) is 17.8 Å². The lowest BCUT2D eigenvalue weighted by atomic mass is 9.95. The average Bonchev–Trinajstić information content (AvgIpc) is 2.28. The second-order valence-electron chi connectivity index (χ2n) is 3.32. The van der Waals surface area contributed by atoms with Gasteiger partial charge in [0.25, 0.3) is 5.78 Å². The van der Waals surface area contributed by atoms with E-state index in [-0.39, 0.29) is 16.8 Å². The normalized spacial score (nSPS) is 14.4. The van der Waals surface area contributed by atoms with E-state index in [1.807, 2.05) is 0 Å². The number of hydrogen-bond acceptors (Lipinski definition) is 3. The van der Waals surface area contributed by atoms with Crippen molar-refractivity contribution in [3.8, 4) is 0 Å². The molecule has 1 aliphatic carbocycles. The zero-order chi connectivity index (χ0) is 12.6. The van der Waals surface area contributed by atoms with E-state index < -0.39 is 20.8 Å². The van der Waals surface area contributed by atoms with Crippen molar-refractivity contribution < 1.29 is 22.6 Å². The standard InChI is InChI=1S/C10H5N2O4S/c11-12-8-5-4-6-7(10(8)13)2-1-3-9(6)17(14,15)16/h1-5H. The molecule has 2 rings (SSSR count). The summed E-state index contributed by atoms with van der Waals surface area (Å²) in [5.41, 5.74) is 8.39. The van der Waals surface area contributed by atoms with Crippen LogP contribution in [0.25, 0.3) is 11.6 Å². The van der Waals surface area contributed by atoms with Crippen LogP contribution in [0.2, 0.25) is 0 Å². The van der Waals surface area contributed by atoms with Crippen LogP contribution in [0.15, 0.2) is 29.2 Å². The molecule has 0 saturated heterocycles. The molecular formula is C10H5N2O4S. The number of ketones is 1. The molecule has 0 atom stereocenters. The molecule has 1 radical (unpaired) electrons. The Balaban J connectivity index is 2.80. The number of carbonyl (C=O) groups is 1. The van der Waals surface area contributed by atoms with Crippen LogP contribution in [-0.4, -0.2) is 24.7 Å². The third-order valence-corrected chi connectivity index (χ3v) is 3.22. The maximum Gasteiger partial charge on any atom is 0.362 e. The number of hydrogen-bond donors (Lipinski definition) is 0. The van der Waals surface area contributed by atoms with Crippen LogP contribution >= 0.6 is 0 Å². The summed E-state index contributed by atoms with van der Waals surface area (Å²) in [6.45, 7) is 0. The minimum Gasteiger partial charge on any atom is -0.361 e. The van der Waals surface area contributed by atoms with E-state index in [1.54, 1.807) is 0 Å². The maximum atomic E-state index is 11.7. The lowest BCUT2D eigenvalue weighted by molar-refractivity contribution is -0.00436. The first-order valence-electron chi connectivity index (χ1n) is 4.49. The molecule has 0 amide bonds. The Morgan fingerprint density at radius 1 is 1.18 bits per heavy atom. The van der Waals surface area contributed by atoms with E-state index in [4.69, 9.17) is 5.53 Å². The van der Waals surface area contributed by atoms with Crippen molar-refractivity contribution in [1.29, 1.82) is 0 Å². The second kappa shape index (κ2) is 3.74. The number of carbonyl (C=O) groups excluding carboxylic acids is 1. The van der Waals surface area contributed by atoms with Crippen molar-refractivity contribution in [2.24, 2.45) is 0 Å². The molecule has 1 aliphatic rings. The molecule has 0 spiro atoms. The van der Waals surface area contributed by atoms with Gasteiger partial charge in [-0.25, -0.2) is 0 Å². The molecule has 0 unspecified atom stereocenters. The molecule has 0 bridgehead atoms. The smallest absolute Gasteiger partial charge is 0.361 e. The van der Waals surface area contributed by atoms with Crippen molar-refractivity contribution in [2.45, 2.75) is 4.90 Å². The zero-order valence-electron chi connectivity index (χ0n) is 8.32. The summed E-state index contributed by atoms with van der Waals surface area (Å²) in [7, 11) is -4.65. The third-order valence-electron chi connectivity index (χ3n) is 2.33. The number of allylic oxidation sites excluding steroid dienone is 1. The monoisotopic (exact) mass is 249 g/mol. The minimum atomic E-state index is -4.65. The fourth-order valence-corrected chi connectivity index (χ4v) is 2.28. The van der Waals surface area contributed by atoms with E-state index in [1.165, 1.54) is 18.2 Å². The van der Waals surface area contributed by atoms with Crippen molar-refractivity contribution in [2.75, 3.05) is 0 Å². The maximum absolute atomic E-state index is 11.7. The van der Waals surface area contributed by atoms with Gasteiger partial charge in [0.2, 0.25) is 0 Å². The Bertz CT molecular complexity index is 697. The number of Topliss-reactive ketones (excluding diaryl/α,β-unsaturated/α-hetero) is 1. The van der Waals surface area contributed by atoms with Gasteiger partial charge in [0.1, 0.15) is 4.90 Å². The first-order valence-corrected chi connectivity index (χ1v) is 5.89. The lowest BCUT2D eigenvalue weighted by Crippen LogP contribution is -2.19.